The van der Waals surface area contributed by atoms with Gasteiger partial charge < -0.3 is 5.73 Å². The zero-order valence-electron chi connectivity index (χ0n) is 18.0. The van der Waals surface area contributed by atoms with E-state index in [4.69, 9.17) is 5.73 Å². The minimum absolute atomic E-state index is 0.221. The van der Waals surface area contributed by atoms with E-state index in [-0.39, 0.29) is 5.92 Å². The third-order valence-corrected chi connectivity index (χ3v) is 5.78. The smallest absolute Gasteiger partial charge is 0.116 e. The Kier molecular flexibility index (Phi) is 6.85. The molecule has 0 fully saturated rings. The molecule has 2 aliphatic carbocycles. The molecule has 1 unspecified atom stereocenters. The number of aromatic nitrogens is 2. The average Bonchev–Trinajstić information content (AvgIpc) is 2.85. The number of nitrogens with two attached hydrogens (primary N) is 1. The second-order valence-electron chi connectivity index (χ2n) is 7.85. The SMILES string of the molecule is C/C=C\C=C(/CN)C1=CC=CC(c2cc(-c3ccc(C4=CCCC=C4)cc3)ncn2)C1. The highest BCUT2D eigenvalue weighted by atomic mass is 14.8. The van der Waals surface area contributed by atoms with Gasteiger partial charge in [-0.3, -0.25) is 0 Å². The summed E-state index contributed by atoms with van der Waals surface area (Å²) in [6.07, 6.45) is 24.2. The van der Waals surface area contributed by atoms with Crippen LogP contribution in [0.1, 0.15) is 43.4 Å². The molecule has 0 saturated heterocycles. The van der Waals surface area contributed by atoms with Crippen molar-refractivity contribution in [3.63, 3.8) is 0 Å². The molecule has 0 bridgehead atoms. The van der Waals surface area contributed by atoms with Crippen molar-refractivity contribution < 1.29 is 0 Å². The fourth-order valence-corrected chi connectivity index (χ4v) is 4.03. The van der Waals surface area contributed by atoms with Gasteiger partial charge >= 0.3 is 0 Å². The Labute approximate surface area is 185 Å². The Balaban J connectivity index is 1.54. The number of rotatable bonds is 6. The van der Waals surface area contributed by atoms with Crippen LogP contribution in [0.2, 0.25) is 0 Å². The molecular formula is C28H29N3. The molecule has 2 N–H and O–H groups in total. The van der Waals surface area contributed by atoms with Crippen molar-refractivity contribution in [3.8, 4) is 11.3 Å². The molecule has 1 heterocycles. The third kappa shape index (κ3) is 5.07. The predicted molar refractivity (Wildman–Crippen MR) is 130 cm³/mol. The quantitative estimate of drug-likeness (QED) is 0.571. The Morgan fingerprint density at radius 2 is 1.97 bits per heavy atom. The molecule has 0 radical (unpaired) electrons. The molecule has 2 aromatic rings. The number of allylic oxidation sites excluding steroid dienone is 10. The van der Waals surface area contributed by atoms with Gasteiger partial charge in [-0.05, 0) is 54.5 Å². The first kappa shape index (κ1) is 21.0. The molecule has 2 aliphatic rings. The van der Waals surface area contributed by atoms with E-state index in [1.807, 2.05) is 19.1 Å². The lowest BCUT2D eigenvalue weighted by Crippen LogP contribution is -2.10. The van der Waals surface area contributed by atoms with Crippen LogP contribution in [-0.2, 0) is 0 Å². The summed E-state index contributed by atoms with van der Waals surface area (Å²) in [5.74, 6) is 0.221. The maximum atomic E-state index is 5.99. The van der Waals surface area contributed by atoms with Crippen LogP contribution in [0, 0.1) is 0 Å². The van der Waals surface area contributed by atoms with Gasteiger partial charge in [0.05, 0.1) is 11.4 Å². The van der Waals surface area contributed by atoms with Crippen molar-refractivity contribution in [2.24, 2.45) is 5.73 Å². The maximum Gasteiger partial charge on any atom is 0.116 e. The van der Waals surface area contributed by atoms with Crippen molar-refractivity contribution in [2.75, 3.05) is 6.54 Å². The zero-order valence-corrected chi connectivity index (χ0v) is 18.0. The number of hydrogen-bond donors (Lipinski definition) is 1. The van der Waals surface area contributed by atoms with Crippen LogP contribution < -0.4 is 5.73 Å². The first-order valence-electron chi connectivity index (χ1n) is 11.0. The summed E-state index contributed by atoms with van der Waals surface area (Å²) >= 11 is 0. The van der Waals surface area contributed by atoms with Crippen LogP contribution in [-0.4, -0.2) is 16.5 Å². The molecule has 3 nitrogen and oxygen atoms in total. The van der Waals surface area contributed by atoms with Crippen LogP contribution in [0.3, 0.4) is 0 Å². The maximum absolute atomic E-state index is 5.99. The predicted octanol–water partition coefficient (Wildman–Crippen LogP) is 6.31. The Morgan fingerprint density at radius 3 is 2.71 bits per heavy atom. The van der Waals surface area contributed by atoms with Gasteiger partial charge in [-0.25, -0.2) is 9.97 Å². The van der Waals surface area contributed by atoms with Crippen LogP contribution in [0.5, 0.6) is 0 Å². The van der Waals surface area contributed by atoms with E-state index in [9.17, 15) is 0 Å². The number of nitrogens with zero attached hydrogens (tertiary/aromatic N) is 2. The summed E-state index contributed by atoms with van der Waals surface area (Å²) in [6.45, 7) is 2.55. The van der Waals surface area contributed by atoms with Crippen molar-refractivity contribution in [2.45, 2.75) is 32.1 Å². The lowest BCUT2D eigenvalue weighted by atomic mass is 9.87. The van der Waals surface area contributed by atoms with E-state index in [0.717, 1.165) is 36.2 Å². The lowest BCUT2D eigenvalue weighted by Gasteiger charge is -2.20. The zero-order chi connectivity index (χ0) is 21.5. The van der Waals surface area contributed by atoms with Gasteiger partial charge in [0.2, 0.25) is 0 Å². The minimum Gasteiger partial charge on any atom is -0.326 e. The normalized spacial score (nSPS) is 18.9. The van der Waals surface area contributed by atoms with Gasteiger partial charge in [0.15, 0.2) is 0 Å². The van der Waals surface area contributed by atoms with Crippen LogP contribution in [0.25, 0.3) is 16.8 Å². The first-order valence-corrected chi connectivity index (χ1v) is 11.0. The number of benzene rings is 1. The highest BCUT2D eigenvalue weighted by Crippen LogP contribution is 2.32. The molecule has 0 saturated carbocycles. The monoisotopic (exact) mass is 407 g/mol. The van der Waals surface area contributed by atoms with Gasteiger partial charge in [-0.15, -0.1) is 0 Å². The fraction of sp³-hybridized carbons (Fsp3) is 0.214. The van der Waals surface area contributed by atoms with E-state index < -0.39 is 0 Å². The summed E-state index contributed by atoms with van der Waals surface area (Å²) in [4.78, 5) is 9.13. The third-order valence-electron chi connectivity index (χ3n) is 5.78. The molecule has 1 atom stereocenters. The van der Waals surface area contributed by atoms with Crippen molar-refractivity contribution in [3.05, 3.63) is 114 Å². The summed E-state index contributed by atoms with van der Waals surface area (Å²) in [5.41, 5.74) is 14.1. The summed E-state index contributed by atoms with van der Waals surface area (Å²) in [6, 6.07) is 10.8. The standard InChI is InChI=1S/C28H29N3/c1-2-3-8-26(19-29)24-11-7-12-25(17-24)28-18-27(30-20-31-28)23-15-13-22(14-16-23)21-9-5-4-6-10-21/h2-3,5,7-16,18,20,25H,4,6,17,19,29H2,1H3/b3-2-,26-8+. The van der Waals surface area contributed by atoms with Crippen molar-refractivity contribution in [1.82, 2.24) is 9.97 Å². The molecule has 1 aromatic heterocycles. The first-order chi connectivity index (χ1) is 15.3. The highest BCUT2D eigenvalue weighted by Gasteiger charge is 2.17. The fourth-order valence-electron chi connectivity index (χ4n) is 4.03. The Morgan fingerprint density at radius 1 is 1.13 bits per heavy atom. The van der Waals surface area contributed by atoms with Gasteiger partial charge in [0, 0.05) is 18.0 Å². The van der Waals surface area contributed by atoms with E-state index in [2.05, 4.69) is 82.8 Å². The second-order valence-corrected chi connectivity index (χ2v) is 7.85. The van der Waals surface area contributed by atoms with Gasteiger partial charge in [0.1, 0.15) is 6.33 Å². The molecule has 3 heteroatoms. The molecule has 0 spiro atoms. The molecular weight excluding hydrogens is 378 g/mol. The van der Waals surface area contributed by atoms with Crippen LogP contribution >= 0.6 is 0 Å². The molecule has 0 aliphatic heterocycles. The van der Waals surface area contributed by atoms with Crippen molar-refractivity contribution >= 4 is 5.57 Å². The van der Waals surface area contributed by atoms with E-state index in [1.54, 1.807) is 6.33 Å². The Hall–Kier alpha value is -3.30. The van der Waals surface area contributed by atoms with Gasteiger partial charge in [0.25, 0.3) is 0 Å². The summed E-state index contributed by atoms with van der Waals surface area (Å²) < 4.78 is 0. The molecule has 31 heavy (non-hydrogen) atoms. The lowest BCUT2D eigenvalue weighted by molar-refractivity contribution is 0.778. The molecule has 0 amide bonds. The van der Waals surface area contributed by atoms with E-state index in [0.29, 0.717) is 6.54 Å². The molecule has 4 rings (SSSR count). The second kappa shape index (κ2) is 10.1. The summed E-state index contributed by atoms with van der Waals surface area (Å²) in [7, 11) is 0. The number of hydrogen-bond acceptors (Lipinski definition) is 3. The van der Waals surface area contributed by atoms with Crippen LogP contribution in [0.4, 0.5) is 0 Å². The van der Waals surface area contributed by atoms with Gasteiger partial charge in [-0.1, -0.05) is 78.9 Å². The largest absolute Gasteiger partial charge is 0.326 e. The minimum atomic E-state index is 0.221. The Bertz CT molecular complexity index is 1100. The average molecular weight is 408 g/mol. The molecule has 1 aromatic carbocycles. The van der Waals surface area contributed by atoms with E-state index >= 15 is 0 Å². The van der Waals surface area contributed by atoms with E-state index in [1.165, 1.54) is 22.3 Å². The van der Waals surface area contributed by atoms with Crippen LogP contribution in [0.15, 0.2) is 102 Å². The summed E-state index contributed by atoms with van der Waals surface area (Å²) in [5, 5.41) is 0. The molecule has 156 valence electrons. The van der Waals surface area contributed by atoms with Gasteiger partial charge in [-0.2, -0.15) is 0 Å². The highest BCUT2D eigenvalue weighted by molar-refractivity contribution is 5.76. The van der Waals surface area contributed by atoms with Crippen molar-refractivity contribution in [1.29, 1.82) is 0 Å². The topological polar surface area (TPSA) is 51.8 Å².